The first kappa shape index (κ1) is 13.5. The average Bonchev–Trinajstić information content (AvgIpc) is 2.84. The second kappa shape index (κ2) is 6.31. The van der Waals surface area contributed by atoms with E-state index in [1.54, 1.807) is 11.3 Å². The number of aromatic nitrogens is 1. The summed E-state index contributed by atoms with van der Waals surface area (Å²) in [5.41, 5.74) is 0.981. The second-order valence-corrected chi connectivity index (χ2v) is 7.12. The van der Waals surface area contributed by atoms with Crippen molar-refractivity contribution in [2.45, 2.75) is 0 Å². The lowest BCUT2D eigenvalue weighted by Crippen LogP contribution is -2.36. The summed E-state index contributed by atoms with van der Waals surface area (Å²) in [6.07, 6.45) is 0. The third-order valence-electron chi connectivity index (χ3n) is 3.17. The second-order valence-electron chi connectivity index (χ2n) is 4.49. The number of nitrogens with one attached hydrogen (secondary N) is 1. The first-order chi connectivity index (χ1) is 9.33. The molecule has 0 amide bonds. The van der Waals surface area contributed by atoms with Crippen molar-refractivity contribution in [3.8, 4) is 0 Å². The lowest BCUT2D eigenvalue weighted by Gasteiger charge is -2.25. The van der Waals surface area contributed by atoms with Gasteiger partial charge in [-0.1, -0.05) is 29.0 Å². The van der Waals surface area contributed by atoms with E-state index in [0.29, 0.717) is 0 Å². The number of nitrogens with zero attached hydrogens (tertiary/aromatic N) is 2. The zero-order valence-electron chi connectivity index (χ0n) is 10.6. The summed E-state index contributed by atoms with van der Waals surface area (Å²) in [7, 11) is 0. The number of thioether (sulfide) groups is 1. The van der Waals surface area contributed by atoms with Gasteiger partial charge in [0, 0.05) is 37.7 Å². The zero-order valence-corrected chi connectivity index (χ0v) is 13.0. The van der Waals surface area contributed by atoms with E-state index in [1.807, 2.05) is 30.0 Å². The van der Waals surface area contributed by atoms with Crippen LogP contribution in [-0.2, 0) is 0 Å². The van der Waals surface area contributed by atoms with E-state index in [4.69, 9.17) is 11.6 Å². The summed E-state index contributed by atoms with van der Waals surface area (Å²) in [6.45, 7) is 4.45. The van der Waals surface area contributed by atoms with Gasteiger partial charge in [0.05, 0.1) is 15.2 Å². The van der Waals surface area contributed by atoms with Crippen molar-refractivity contribution >= 4 is 50.0 Å². The van der Waals surface area contributed by atoms with Crippen LogP contribution in [0.15, 0.2) is 18.2 Å². The lowest BCUT2D eigenvalue weighted by atomic mass is 10.3. The highest BCUT2D eigenvalue weighted by Gasteiger charge is 2.10. The molecule has 1 aliphatic heterocycles. The summed E-state index contributed by atoms with van der Waals surface area (Å²) < 4.78 is 1.07. The maximum atomic E-state index is 6.16. The molecule has 2 aromatic rings. The molecular weight excluding hydrogens is 298 g/mol. The third kappa shape index (κ3) is 3.34. The summed E-state index contributed by atoms with van der Waals surface area (Å²) in [5, 5.41) is 5.16. The SMILES string of the molecule is Clc1cccc2nc(NCCN3CCSCC3)sc12. The lowest BCUT2D eigenvalue weighted by molar-refractivity contribution is 0.314. The fourth-order valence-electron chi connectivity index (χ4n) is 2.14. The molecule has 0 unspecified atom stereocenters. The topological polar surface area (TPSA) is 28.2 Å². The predicted octanol–water partition coefficient (Wildman–Crippen LogP) is 3.41. The monoisotopic (exact) mass is 313 g/mol. The summed E-state index contributed by atoms with van der Waals surface area (Å²) in [5.74, 6) is 2.52. The van der Waals surface area contributed by atoms with Crippen LogP contribution in [0.1, 0.15) is 0 Å². The third-order valence-corrected chi connectivity index (χ3v) is 5.61. The molecule has 0 atom stereocenters. The Morgan fingerprint density at radius 3 is 2.95 bits per heavy atom. The van der Waals surface area contributed by atoms with Crippen molar-refractivity contribution < 1.29 is 0 Å². The number of halogens is 1. The minimum Gasteiger partial charge on any atom is -0.360 e. The Kier molecular flexibility index (Phi) is 4.48. The van der Waals surface area contributed by atoms with Crippen molar-refractivity contribution in [1.29, 1.82) is 0 Å². The molecule has 1 fully saturated rings. The number of rotatable bonds is 4. The maximum absolute atomic E-state index is 6.16. The minimum atomic E-state index is 0.788. The number of hydrogen-bond acceptors (Lipinski definition) is 5. The normalized spacial score (nSPS) is 16.9. The van der Waals surface area contributed by atoms with Gasteiger partial charge < -0.3 is 5.32 Å². The van der Waals surface area contributed by atoms with Gasteiger partial charge in [-0.15, -0.1) is 0 Å². The van der Waals surface area contributed by atoms with Crippen molar-refractivity contribution in [1.82, 2.24) is 9.88 Å². The minimum absolute atomic E-state index is 0.788. The molecule has 0 aliphatic carbocycles. The Balaban J connectivity index is 1.57. The number of benzene rings is 1. The molecule has 0 spiro atoms. The van der Waals surface area contributed by atoms with Gasteiger partial charge in [0.25, 0.3) is 0 Å². The molecule has 1 aliphatic rings. The van der Waals surface area contributed by atoms with Gasteiger partial charge in [-0.05, 0) is 12.1 Å². The van der Waals surface area contributed by atoms with E-state index in [1.165, 1.54) is 24.6 Å². The van der Waals surface area contributed by atoms with Gasteiger partial charge in [0.15, 0.2) is 5.13 Å². The first-order valence-corrected chi connectivity index (χ1v) is 8.77. The van der Waals surface area contributed by atoms with Crippen LogP contribution in [0.2, 0.25) is 5.02 Å². The Bertz CT molecular complexity index is 552. The zero-order chi connectivity index (χ0) is 13.1. The Morgan fingerprint density at radius 2 is 2.16 bits per heavy atom. The molecule has 1 aromatic carbocycles. The largest absolute Gasteiger partial charge is 0.360 e. The molecule has 2 heterocycles. The molecular formula is C13H16ClN3S2. The fraction of sp³-hybridized carbons (Fsp3) is 0.462. The molecule has 0 bridgehead atoms. The maximum Gasteiger partial charge on any atom is 0.183 e. The standard InChI is InChI=1S/C13H16ClN3S2/c14-10-2-1-3-11-12(10)19-13(16-11)15-4-5-17-6-8-18-9-7-17/h1-3H,4-9H2,(H,15,16). The van der Waals surface area contributed by atoms with E-state index < -0.39 is 0 Å². The van der Waals surface area contributed by atoms with Gasteiger partial charge in [-0.3, -0.25) is 4.90 Å². The van der Waals surface area contributed by atoms with Crippen LogP contribution < -0.4 is 5.32 Å². The van der Waals surface area contributed by atoms with Crippen LogP contribution in [-0.4, -0.2) is 47.6 Å². The van der Waals surface area contributed by atoms with E-state index in [-0.39, 0.29) is 0 Å². The van der Waals surface area contributed by atoms with Gasteiger partial charge in [-0.2, -0.15) is 11.8 Å². The van der Waals surface area contributed by atoms with Gasteiger partial charge in [0.1, 0.15) is 0 Å². The van der Waals surface area contributed by atoms with E-state index >= 15 is 0 Å². The number of fused-ring (bicyclic) bond motifs is 1. The highest BCUT2D eigenvalue weighted by Crippen LogP contribution is 2.31. The summed E-state index contributed by atoms with van der Waals surface area (Å²) in [6, 6.07) is 5.86. The van der Waals surface area contributed by atoms with Crippen molar-refractivity contribution in [2.75, 3.05) is 43.0 Å². The van der Waals surface area contributed by atoms with Crippen LogP contribution in [0, 0.1) is 0 Å². The molecule has 6 heteroatoms. The van der Waals surface area contributed by atoms with Crippen molar-refractivity contribution in [3.63, 3.8) is 0 Å². The molecule has 3 rings (SSSR count). The molecule has 19 heavy (non-hydrogen) atoms. The molecule has 1 aromatic heterocycles. The van der Waals surface area contributed by atoms with E-state index in [9.17, 15) is 0 Å². The van der Waals surface area contributed by atoms with E-state index in [0.717, 1.165) is 33.5 Å². The van der Waals surface area contributed by atoms with Crippen molar-refractivity contribution in [2.24, 2.45) is 0 Å². The number of hydrogen-bond donors (Lipinski definition) is 1. The van der Waals surface area contributed by atoms with Crippen LogP contribution in [0.25, 0.3) is 10.2 Å². The van der Waals surface area contributed by atoms with Crippen LogP contribution in [0.5, 0.6) is 0 Å². The van der Waals surface area contributed by atoms with Gasteiger partial charge in [0.2, 0.25) is 0 Å². The molecule has 102 valence electrons. The molecule has 0 saturated carbocycles. The van der Waals surface area contributed by atoms with Crippen LogP contribution >= 0.6 is 34.7 Å². The highest BCUT2D eigenvalue weighted by atomic mass is 35.5. The molecule has 1 saturated heterocycles. The van der Waals surface area contributed by atoms with Gasteiger partial charge >= 0.3 is 0 Å². The molecule has 1 N–H and O–H groups in total. The Morgan fingerprint density at radius 1 is 1.32 bits per heavy atom. The van der Waals surface area contributed by atoms with Crippen molar-refractivity contribution in [3.05, 3.63) is 23.2 Å². The Hall–Kier alpha value is -0.490. The summed E-state index contributed by atoms with van der Waals surface area (Å²) >= 11 is 9.84. The average molecular weight is 314 g/mol. The fourth-order valence-corrected chi connectivity index (χ4v) is 4.30. The Labute approximate surface area is 126 Å². The smallest absolute Gasteiger partial charge is 0.183 e. The quantitative estimate of drug-likeness (QED) is 0.936. The van der Waals surface area contributed by atoms with Crippen LogP contribution in [0.4, 0.5) is 5.13 Å². The molecule has 3 nitrogen and oxygen atoms in total. The highest BCUT2D eigenvalue weighted by molar-refractivity contribution is 7.99. The van der Waals surface area contributed by atoms with Gasteiger partial charge in [-0.25, -0.2) is 4.98 Å². The molecule has 0 radical (unpaired) electrons. The van der Waals surface area contributed by atoms with E-state index in [2.05, 4.69) is 15.2 Å². The first-order valence-electron chi connectivity index (χ1n) is 6.42. The number of thiazole rings is 1. The number of anilines is 1. The summed E-state index contributed by atoms with van der Waals surface area (Å²) in [4.78, 5) is 7.06. The predicted molar refractivity (Wildman–Crippen MR) is 86.9 cm³/mol. The van der Waals surface area contributed by atoms with Crippen LogP contribution in [0.3, 0.4) is 0 Å².